The first kappa shape index (κ1) is 34.0. The maximum Gasteiger partial charge on any atom is 2.00 e. The molecule has 0 unspecified atom stereocenters. The number of nitrogens with two attached hydrogens (primary N) is 2. The smallest absolute Gasteiger partial charge is 0.548 e. The van der Waals surface area contributed by atoms with Crippen LogP contribution in [-0.2, 0) is 38.7 Å². The van der Waals surface area contributed by atoms with Crippen LogP contribution in [0.3, 0.4) is 0 Å². The molecule has 11 heteroatoms. The zero-order valence-electron chi connectivity index (χ0n) is 19.3. The third-order valence-electron chi connectivity index (χ3n) is 4.14. The van der Waals surface area contributed by atoms with E-state index in [4.69, 9.17) is 11.5 Å². The first-order chi connectivity index (χ1) is 14.0. The monoisotopic (exact) mass is 494 g/mol. The molecule has 0 bridgehead atoms. The molecule has 31 heavy (non-hydrogen) atoms. The minimum atomic E-state index is -1.24. The van der Waals surface area contributed by atoms with Crippen molar-refractivity contribution < 1.29 is 48.9 Å². The first-order valence-corrected chi connectivity index (χ1v) is 10.4. The number of carboxylic acids is 2. The molecule has 0 aliphatic rings. The fourth-order valence-corrected chi connectivity index (χ4v) is 2.16. The molecule has 2 amide bonds. The molecular weight excluding hydrogens is 458 g/mol. The van der Waals surface area contributed by atoms with Gasteiger partial charge in [-0.1, -0.05) is 27.7 Å². The molecule has 0 aliphatic carbocycles. The van der Waals surface area contributed by atoms with Gasteiger partial charge in [0.25, 0.3) is 0 Å². The molecule has 176 valence electrons. The van der Waals surface area contributed by atoms with Gasteiger partial charge >= 0.3 is 19.5 Å². The summed E-state index contributed by atoms with van der Waals surface area (Å²) in [5.41, 5.74) is 10.6. The van der Waals surface area contributed by atoms with Crippen molar-refractivity contribution in [2.24, 2.45) is 23.3 Å². The van der Waals surface area contributed by atoms with Crippen LogP contribution in [0.5, 0.6) is 0 Å². The molecule has 0 saturated heterocycles. The van der Waals surface area contributed by atoms with Crippen LogP contribution in [0.2, 0.25) is 0 Å². The predicted octanol–water partition coefficient (Wildman–Crippen LogP) is -1.99. The summed E-state index contributed by atoms with van der Waals surface area (Å²) in [5, 5.41) is 26.3. The SMILES string of the molecule is CC(C)C(=O)N[C@@H](CCCCN)C(=O)[O-].CC(C)C(=O)N[C@@H](CCCCN)C(=O)[O-].[Zn+2]. The Morgan fingerprint density at radius 1 is 0.677 bits per heavy atom. The number of unbranched alkanes of at least 4 members (excludes halogenated alkanes) is 2. The van der Waals surface area contributed by atoms with Crippen molar-refractivity contribution in [3.8, 4) is 0 Å². The minimum absolute atomic E-state index is 0. The van der Waals surface area contributed by atoms with Crippen molar-refractivity contribution in [3.63, 3.8) is 0 Å². The van der Waals surface area contributed by atoms with Crippen molar-refractivity contribution in [3.05, 3.63) is 0 Å². The molecule has 0 saturated carbocycles. The maximum absolute atomic E-state index is 11.3. The summed E-state index contributed by atoms with van der Waals surface area (Å²) < 4.78 is 0. The third-order valence-corrected chi connectivity index (χ3v) is 4.14. The summed E-state index contributed by atoms with van der Waals surface area (Å²) in [6, 6.07) is -1.79. The van der Waals surface area contributed by atoms with Crippen LogP contribution in [-0.4, -0.2) is 48.9 Å². The van der Waals surface area contributed by atoms with E-state index < -0.39 is 24.0 Å². The number of hydrogen-bond acceptors (Lipinski definition) is 8. The molecular formula is C20H38N4O6Zn. The largest absolute Gasteiger partial charge is 2.00 e. The van der Waals surface area contributed by atoms with Crippen LogP contribution in [0, 0.1) is 11.8 Å². The summed E-state index contributed by atoms with van der Waals surface area (Å²) in [5.74, 6) is -3.45. The van der Waals surface area contributed by atoms with E-state index in [2.05, 4.69) is 10.6 Å². The van der Waals surface area contributed by atoms with Crippen LogP contribution in [0.25, 0.3) is 0 Å². The topological polar surface area (TPSA) is 190 Å². The van der Waals surface area contributed by atoms with E-state index in [0.29, 0.717) is 38.8 Å². The van der Waals surface area contributed by atoms with E-state index in [-0.39, 0.29) is 43.1 Å². The molecule has 0 heterocycles. The van der Waals surface area contributed by atoms with Gasteiger partial charge < -0.3 is 41.9 Å². The molecule has 6 N–H and O–H groups in total. The van der Waals surface area contributed by atoms with Crippen LogP contribution in [0.1, 0.15) is 66.2 Å². The van der Waals surface area contributed by atoms with Gasteiger partial charge in [0, 0.05) is 11.8 Å². The zero-order chi connectivity index (χ0) is 23.7. The first-order valence-electron chi connectivity index (χ1n) is 10.4. The molecule has 0 rings (SSSR count). The van der Waals surface area contributed by atoms with Crippen molar-refractivity contribution in [2.45, 2.75) is 78.3 Å². The summed E-state index contributed by atoms with van der Waals surface area (Å²) in [6.07, 6.45) is 3.60. The van der Waals surface area contributed by atoms with Gasteiger partial charge in [0.1, 0.15) is 0 Å². The van der Waals surface area contributed by atoms with Crippen LogP contribution < -0.4 is 32.3 Å². The number of carbonyl (C=O) groups excluding carboxylic acids is 4. The van der Waals surface area contributed by atoms with Crippen LogP contribution >= 0.6 is 0 Å². The standard InChI is InChI=1S/2C10H20N2O3.Zn/c2*1-7(2)9(13)12-8(10(14)15)5-3-4-6-11;/h2*7-8H,3-6,11H2,1-2H3,(H,12,13)(H,14,15);/q;;+2/p-2/t2*8-;/m00./s1. The Balaban J connectivity index is -0.000000490. The number of carbonyl (C=O) groups is 4. The number of aliphatic carboxylic acids is 2. The number of amides is 2. The normalized spacial score (nSPS) is 12.1. The van der Waals surface area contributed by atoms with E-state index in [9.17, 15) is 29.4 Å². The van der Waals surface area contributed by atoms with Gasteiger partial charge in [-0.15, -0.1) is 0 Å². The second-order valence-electron chi connectivity index (χ2n) is 7.64. The number of nitrogens with one attached hydrogen (secondary N) is 2. The number of rotatable bonds is 14. The molecule has 0 fully saturated rings. The Hall–Kier alpha value is -1.58. The van der Waals surface area contributed by atoms with Gasteiger partial charge in [0.15, 0.2) is 0 Å². The quantitative estimate of drug-likeness (QED) is 0.157. The van der Waals surface area contributed by atoms with Crippen molar-refractivity contribution >= 4 is 23.8 Å². The molecule has 0 aliphatic heterocycles. The van der Waals surface area contributed by atoms with Crippen molar-refractivity contribution in [1.82, 2.24) is 10.6 Å². The van der Waals surface area contributed by atoms with E-state index in [1.807, 2.05) is 0 Å². The van der Waals surface area contributed by atoms with Gasteiger partial charge in [-0.2, -0.15) is 0 Å². The van der Waals surface area contributed by atoms with E-state index in [1.54, 1.807) is 27.7 Å². The van der Waals surface area contributed by atoms with Gasteiger partial charge in [0.2, 0.25) is 11.8 Å². The molecule has 0 aromatic heterocycles. The third kappa shape index (κ3) is 18.9. The fraction of sp³-hybridized carbons (Fsp3) is 0.800. The molecule has 10 nitrogen and oxygen atoms in total. The average molecular weight is 496 g/mol. The molecule has 0 aromatic rings. The van der Waals surface area contributed by atoms with Crippen LogP contribution in [0.4, 0.5) is 0 Å². The Morgan fingerprint density at radius 3 is 1.16 bits per heavy atom. The molecule has 0 spiro atoms. The summed E-state index contributed by atoms with van der Waals surface area (Å²) >= 11 is 0. The molecule has 0 radical (unpaired) electrons. The van der Waals surface area contributed by atoms with Crippen LogP contribution in [0.15, 0.2) is 0 Å². The Bertz CT molecular complexity index is 486. The Labute approximate surface area is 198 Å². The van der Waals surface area contributed by atoms with Crippen molar-refractivity contribution in [2.75, 3.05) is 13.1 Å². The zero-order valence-corrected chi connectivity index (χ0v) is 22.2. The van der Waals surface area contributed by atoms with Gasteiger partial charge in [-0.3, -0.25) is 9.59 Å². The van der Waals surface area contributed by atoms with E-state index in [0.717, 1.165) is 12.8 Å². The van der Waals surface area contributed by atoms with Crippen molar-refractivity contribution in [1.29, 1.82) is 0 Å². The second kappa shape index (κ2) is 20.3. The average Bonchev–Trinajstić information content (AvgIpc) is 2.66. The molecule has 0 aromatic carbocycles. The fourth-order valence-electron chi connectivity index (χ4n) is 2.16. The van der Waals surface area contributed by atoms with E-state index >= 15 is 0 Å². The summed E-state index contributed by atoms with van der Waals surface area (Å²) in [6.45, 7) is 7.89. The Morgan fingerprint density at radius 2 is 0.968 bits per heavy atom. The second-order valence-corrected chi connectivity index (χ2v) is 7.64. The predicted molar refractivity (Wildman–Crippen MR) is 109 cm³/mol. The van der Waals surface area contributed by atoms with Gasteiger partial charge in [-0.05, 0) is 51.6 Å². The summed E-state index contributed by atoms with van der Waals surface area (Å²) in [7, 11) is 0. The van der Waals surface area contributed by atoms with Gasteiger partial charge in [-0.25, -0.2) is 0 Å². The molecule has 2 atom stereocenters. The Kier molecular flexibility index (Phi) is 22.3. The van der Waals surface area contributed by atoms with Gasteiger partial charge in [0.05, 0.1) is 24.0 Å². The maximum atomic E-state index is 11.3. The number of carboxylic acid groups (broad SMARTS) is 2. The minimum Gasteiger partial charge on any atom is -0.548 e. The summed E-state index contributed by atoms with van der Waals surface area (Å²) in [4.78, 5) is 43.9. The van der Waals surface area contributed by atoms with E-state index in [1.165, 1.54) is 0 Å². The number of hydrogen-bond donors (Lipinski definition) is 4.